The number of nitriles is 1. The van der Waals surface area contributed by atoms with E-state index >= 15 is 0 Å². The van der Waals surface area contributed by atoms with Crippen LogP contribution >= 0.6 is 0 Å². The predicted molar refractivity (Wildman–Crippen MR) is 92.8 cm³/mol. The van der Waals surface area contributed by atoms with Crippen LogP contribution in [0.3, 0.4) is 0 Å². The molecule has 5 heteroatoms. The van der Waals surface area contributed by atoms with Gasteiger partial charge in [0, 0.05) is 12.6 Å². The highest BCUT2D eigenvalue weighted by Crippen LogP contribution is 2.33. The van der Waals surface area contributed by atoms with Crippen LogP contribution in [0.4, 0.5) is 0 Å². The fraction of sp³-hybridized carbons (Fsp3) is 0.316. The van der Waals surface area contributed by atoms with Crippen molar-refractivity contribution in [2.24, 2.45) is 0 Å². The highest BCUT2D eigenvalue weighted by molar-refractivity contribution is 7.89. The van der Waals surface area contributed by atoms with E-state index in [2.05, 4.69) is 6.07 Å². The van der Waals surface area contributed by atoms with Gasteiger partial charge < -0.3 is 0 Å². The average Bonchev–Trinajstić information content (AvgIpc) is 3.36. The lowest BCUT2D eigenvalue weighted by molar-refractivity contribution is 0.398. The van der Waals surface area contributed by atoms with Crippen LogP contribution < -0.4 is 0 Å². The molecule has 0 radical (unpaired) electrons. The Morgan fingerprint density at radius 3 is 2.17 bits per heavy atom. The Labute approximate surface area is 143 Å². The molecule has 0 aliphatic heterocycles. The first kappa shape index (κ1) is 16.7. The Morgan fingerprint density at radius 2 is 1.67 bits per heavy atom. The molecule has 0 bridgehead atoms. The number of benzene rings is 2. The van der Waals surface area contributed by atoms with Crippen molar-refractivity contribution in [3.05, 3.63) is 64.7 Å². The van der Waals surface area contributed by atoms with E-state index in [4.69, 9.17) is 5.26 Å². The van der Waals surface area contributed by atoms with Gasteiger partial charge in [-0.15, -0.1) is 0 Å². The van der Waals surface area contributed by atoms with Crippen LogP contribution in [0.25, 0.3) is 0 Å². The van der Waals surface area contributed by atoms with E-state index in [0.717, 1.165) is 29.5 Å². The fourth-order valence-electron chi connectivity index (χ4n) is 2.95. The maximum atomic E-state index is 13.0. The molecule has 0 aromatic heterocycles. The molecule has 0 amide bonds. The number of nitrogens with zero attached hydrogens (tertiary/aromatic N) is 2. The fourth-order valence-corrected chi connectivity index (χ4v) is 4.62. The minimum atomic E-state index is -3.56. The summed E-state index contributed by atoms with van der Waals surface area (Å²) < 4.78 is 27.7. The Kier molecular flexibility index (Phi) is 4.44. The molecule has 4 nitrogen and oxygen atoms in total. The van der Waals surface area contributed by atoms with Crippen molar-refractivity contribution in [3.63, 3.8) is 0 Å². The summed E-state index contributed by atoms with van der Waals surface area (Å²) in [6, 6.07) is 14.4. The van der Waals surface area contributed by atoms with Crippen molar-refractivity contribution in [3.8, 4) is 6.07 Å². The molecule has 0 N–H and O–H groups in total. The first-order valence-corrected chi connectivity index (χ1v) is 9.43. The van der Waals surface area contributed by atoms with Gasteiger partial charge in [-0.2, -0.15) is 9.57 Å². The van der Waals surface area contributed by atoms with Crippen LogP contribution in [0.1, 0.15) is 35.1 Å². The molecule has 0 saturated heterocycles. The SMILES string of the molecule is Cc1cc(C)cc(CN(C2CC2)S(=O)(=O)c2ccc(C#N)cc2)c1. The van der Waals surface area contributed by atoms with Crippen molar-refractivity contribution in [1.82, 2.24) is 4.31 Å². The molecular formula is C19H20N2O2S. The monoisotopic (exact) mass is 340 g/mol. The molecule has 1 aliphatic rings. The standard InChI is InChI=1S/C19H20N2O2S/c1-14-9-15(2)11-17(10-14)13-21(18-5-6-18)24(22,23)19-7-3-16(12-20)4-8-19/h3-4,7-11,18H,5-6,13H2,1-2H3. The molecular weight excluding hydrogens is 320 g/mol. The maximum Gasteiger partial charge on any atom is 0.243 e. The predicted octanol–water partition coefficient (Wildman–Crippen LogP) is 3.53. The molecule has 2 aromatic rings. The van der Waals surface area contributed by atoms with Crippen LogP contribution in [-0.2, 0) is 16.6 Å². The van der Waals surface area contributed by atoms with Gasteiger partial charge in [0.1, 0.15) is 0 Å². The summed E-state index contributed by atoms with van der Waals surface area (Å²) in [5.74, 6) is 0. The number of rotatable bonds is 5. The molecule has 0 heterocycles. The molecule has 3 rings (SSSR count). The summed E-state index contributed by atoms with van der Waals surface area (Å²) in [4.78, 5) is 0.248. The van der Waals surface area contributed by atoms with Gasteiger partial charge >= 0.3 is 0 Å². The Balaban J connectivity index is 1.93. The van der Waals surface area contributed by atoms with Crippen molar-refractivity contribution >= 4 is 10.0 Å². The van der Waals surface area contributed by atoms with E-state index in [1.165, 1.54) is 12.1 Å². The first-order chi connectivity index (χ1) is 11.4. The second-order valence-electron chi connectivity index (χ2n) is 6.41. The average molecular weight is 340 g/mol. The van der Waals surface area contributed by atoms with E-state index < -0.39 is 10.0 Å². The largest absolute Gasteiger partial charge is 0.243 e. The highest BCUT2D eigenvalue weighted by atomic mass is 32.2. The van der Waals surface area contributed by atoms with E-state index in [-0.39, 0.29) is 10.9 Å². The van der Waals surface area contributed by atoms with Crippen LogP contribution in [0.5, 0.6) is 0 Å². The van der Waals surface area contributed by atoms with Crippen LogP contribution in [0.15, 0.2) is 47.4 Å². The Bertz CT molecular complexity index is 872. The van der Waals surface area contributed by atoms with Gasteiger partial charge in [-0.3, -0.25) is 0 Å². The zero-order valence-electron chi connectivity index (χ0n) is 13.9. The van der Waals surface area contributed by atoms with Gasteiger partial charge in [0.15, 0.2) is 0 Å². The summed E-state index contributed by atoms with van der Waals surface area (Å²) in [5.41, 5.74) is 3.74. The summed E-state index contributed by atoms with van der Waals surface area (Å²) in [5, 5.41) is 8.88. The second kappa shape index (κ2) is 6.39. The molecule has 0 spiro atoms. The maximum absolute atomic E-state index is 13.0. The van der Waals surface area contributed by atoms with Crippen molar-refractivity contribution in [2.45, 2.75) is 44.2 Å². The van der Waals surface area contributed by atoms with Crippen molar-refractivity contribution in [1.29, 1.82) is 5.26 Å². The third-order valence-electron chi connectivity index (χ3n) is 4.16. The van der Waals surface area contributed by atoms with Crippen molar-refractivity contribution in [2.75, 3.05) is 0 Å². The summed E-state index contributed by atoms with van der Waals surface area (Å²) in [6.07, 6.45) is 1.81. The summed E-state index contributed by atoms with van der Waals surface area (Å²) >= 11 is 0. The first-order valence-electron chi connectivity index (χ1n) is 7.99. The second-order valence-corrected chi connectivity index (χ2v) is 8.30. The van der Waals surface area contributed by atoms with E-state index in [9.17, 15) is 8.42 Å². The van der Waals surface area contributed by atoms with Gasteiger partial charge in [-0.05, 0) is 56.5 Å². The molecule has 24 heavy (non-hydrogen) atoms. The summed E-state index contributed by atoms with van der Waals surface area (Å²) in [6.45, 7) is 4.43. The summed E-state index contributed by atoms with van der Waals surface area (Å²) in [7, 11) is -3.56. The molecule has 2 aromatic carbocycles. The lowest BCUT2D eigenvalue weighted by atomic mass is 10.1. The quantitative estimate of drug-likeness (QED) is 0.836. The van der Waals surface area contributed by atoms with Gasteiger partial charge in [-0.25, -0.2) is 8.42 Å². The zero-order chi connectivity index (χ0) is 17.3. The molecule has 1 aliphatic carbocycles. The topological polar surface area (TPSA) is 61.2 Å². The molecule has 1 saturated carbocycles. The lowest BCUT2D eigenvalue weighted by Gasteiger charge is -2.22. The third kappa shape index (κ3) is 3.50. The van der Waals surface area contributed by atoms with Crippen LogP contribution in [0.2, 0.25) is 0 Å². The van der Waals surface area contributed by atoms with Gasteiger partial charge in [-0.1, -0.05) is 29.3 Å². The highest BCUT2D eigenvalue weighted by Gasteiger charge is 2.38. The third-order valence-corrected chi connectivity index (χ3v) is 6.08. The van der Waals surface area contributed by atoms with Crippen LogP contribution in [-0.4, -0.2) is 18.8 Å². The van der Waals surface area contributed by atoms with Gasteiger partial charge in [0.2, 0.25) is 10.0 Å². The number of aryl methyl sites for hydroxylation is 2. The lowest BCUT2D eigenvalue weighted by Crippen LogP contribution is -2.32. The normalized spacial score (nSPS) is 14.6. The van der Waals surface area contributed by atoms with E-state index in [1.54, 1.807) is 16.4 Å². The van der Waals surface area contributed by atoms with E-state index in [0.29, 0.717) is 12.1 Å². The minimum absolute atomic E-state index is 0.0754. The van der Waals surface area contributed by atoms with Crippen molar-refractivity contribution < 1.29 is 8.42 Å². The zero-order valence-corrected chi connectivity index (χ0v) is 14.7. The minimum Gasteiger partial charge on any atom is -0.207 e. The Hall–Kier alpha value is -2.16. The molecule has 124 valence electrons. The molecule has 1 fully saturated rings. The van der Waals surface area contributed by atoms with Gasteiger partial charge in [0.05, 0.1) is 16.5 Å². The smallest absolute Gasteiger partial charge is 0.207 e. The van der Waals surface area contributed by atoms with Gasteiger partial charge in [0.25, 0.3) is 0 Å². The number of hydrogen-bond acceptors (Lipinski definition) is 3. The molecule has 0 atom stereocenters. The van der Waals surface area contributed by atoms with E-state index in [1.807, 2.05) is 32.0 Å². The Morgan fingerprint density at radius 1 is 1.08 bits per heavy atom. The number of hydrogen-bond donors (Lipinski definition) is 0. The molecule has 0 unspecified atom stereocenters. The van der Waals surface area contributed by atoms with Crippen LogP contribution in [0, 0.1) is 25.2 Å². The number of sulfonamides is 1.